The second kappa shape index (κ2) is 3.18. The summed E-state index contributed by atoms with van der Waals surface area (Å²) in [6.07, 6.45) is 4.03. The second-order valence-electron chi connectivity index (χ2n) is 2.49. The Morgan fingerprint density at radius 3 is 2.67 bits per heavy atom. The fourth-order valence-electron chi connectivity index (χ4n) is 1.08. The Hall–Kier alpha value is -0.0800. The molecule has 0 aromatic carbocycles. The van der Waals surface area contributed by atoms with E-state index in [0.717, 1.165) is 19.3 Å². The Morgan fingerprint density at radius 2 is 2.22 bits per heavy atom. The van der Waals surface area contributed by atoms with Crippen LogP contribution < -0.4 is 0 Å². The van der Waals surface area contributed by atoms with Crippen LogP contribution in [0.25, 0.3) is 0 Å². The fraction of sp³-hybridized carbons (Fsp3) is 1.00. The molecule has 0 spiro atoms. The molecule has 2 atom stereocenters. The largest absolute Gasteiger partial charge is 0.396 e. The van der Waals surface area contributed by atoms with E-state index in [2.05, 4.69) is 6.92 Å². The monoisotopic (exact) mass is 130 g/mol. The third-order valence-corrected chi connectivity index (χ3v) is 1.74. The summed E-state index contributed by atoms with van der Waals surface area (Å²) in [6.45, 7) is 2.43. The predicted molar refractivity (Wildman–Crippen MR) is 35.3 cm³/mol. The van der Waals surface area contributed by atoms with Gasteiger partial charge < -0.3 is 9.84 Å². The molecular weight excluding hydrogens is 116 g/mol. The maximum Gasteiger partial charge on any atom is 0.0842 e. The maximum absolute atomic E-state index is 8.45. The second-order valence-corrected chi connectivity index (χ2v) is 2.49. The highest BCUT2D eigenvalue weighted by molar-refractivity contribution is 4.82. The van der Waals surface area contributed by atoms with Gasteiger partial charge in [0.1, 0.15) is 0 Å². The minimum atomic E-state index is 0.302. The van der Waals surface area contributed by atoms with Crippen LogP contribution in [0.4, 0.5) is 0 Å². The average molecular weight is 130 g/mol. The van der Waals surface area contributed by atoms with Crippen LogP contribution >= 0.6 is 0 Å². The molecule has 54 valence electrons. The van der Waals surface area contributed by atoms with E-state index in [4.69, 9.17) is 9.84 Å². The van der Waals surface area contributed by atoms with E-state index in [-0.39, 0.29) is 0 Å². The van der Waals surface area contributed by atoms with Crippen molar-refractivity contribution in [2.24, 2.45) is 0 Å². The third kappa shape index (κ3) is 1.95. The number of rotatable bonds is 4. The Kier molecular flexibility index (Phi) is 2.49. The van der Waals surface area contributed by atoms with Gasteiger partial charge in [0.05, 0.1) is 12.2 Å². The fourth-order valence-corrected chi connectivity index (χ4v) is 1.08. The SMILES string of the molecule is CC[C@H]1O[C@@H]1CCCO. The van der Waals surface area contributed by atoms with E-state index in [1.807, 2.05) is 0 Å². The number of hydrogen-bond donors (Lipinski definition) is 1. The molecule has 1 rings (SSSR count). The molecule has 1 aliphatic rings. The van der Waals surface area contributed by atoms with Gasteiger partial charge >= 0.3 is 0 Å². The quantitative estimate of drug-likeness (QED) is 0.574. The molecule has 1 aliphatic heterocycles. The number of epoxide rings is 1. The predicted octanol–water partition coefficient (Wildman–Crippen LogP) is 0.936. The summed E-state index contributed by atoms with van der Waals surface area (Å²) in [5, 5.41) is 8.45. The Bertz CT molecular complexity index is 83.0. The van der Waals surface area contributed by atoms with Crippen LogP contribution in [-0.4, -0.2) is 23.9 Å². The van der Waals surface area contributed by atoms with Gasteiger partial charge in [-0.1, -0.05) is 6.92 Å². The highest BCUT2D eigenvalue weighted by atomic mass is 16.6. The molecule has 0 unspecified atom stereocenters. The molecule has 1 fully saturated rings. The topological polar surface area (TPSA) is 32.8 Å². The molecule has 0 aliphatic carbocycles. The number of aliphatic hydroxyl groups excluding tert-OH is 1. The van der Waals surface area contributed by atoms with Crippen LogP contribution in [0.15, 0.2) is 0 Å². The third-order valence-electron chi connectivity index (χ3n) is 1.74. The van der Waals surface area contributed by atoms with Gasteiger partial charge in [0.2, 0.25) is 0 Å². The Balaban J connectivity index is 1.92. The summed E-state index contributed by atoms with van der Waals surface area (Å²) in [5.41, 5.74) is 0. The van der Waals surface area contributed by atoms with E-state index in [0.29, 0.717) is 18.8 Å². The van der Waals surface area contributed by atoms with Crippen molar-refractivity contribution >= 4 is 0 Å². The van der Waals surface area contributed by atoms with Crippen LogP contribution in [0.3, 0.4) is 0 Å². The molecule has 0 radical (unpaired) electrons. The molecule has 1 N–H and O–H groups in total. The van der Waals surface area contributed by atoms with E-state index in [1.54, 1.807) is 0 Å². The van der Waals surface area contributed by atoms with Crippen molar-refractivity contribution in [3.63, 3.8) is 0 Å². The lowest BCUT2D eigenvalue weighted by Gasteiger charge is -1.88. The Morgan fingerprint density at radius 1 is 1.44 bits per heavy atom. The van der Waals surface area contributed by atoms with Crippen molar-refractivity contribution in [2.75, 3.05) is 6.61 Å². The number of hydrogen-bond acceptors (Lipinski definition) is 2. The number of ether oxygens (including phenoxy) is 1. The van der Waals surface area contributed by atoms with E-state index < -0.39 is 0 Å². The first-order valence-corrected chi connectivity index (χ1v) is 3.64. The van der Waals surface area contributed by atoms with Gasteiger partial charge in [0.15, 0.2) is 0 Å². The molecule has 0 aromatic rings. The lowest BCUT2D eigenvalue weighted by molar-refractivity contribution is 0.272. The lowest BCUT2D eigenvalue weighted by Crippen LogP contribution is -1.93. The van der Waals surface area contributed by atoms with Crippen LogP contribution in [0, 0.1) is 0 Å². The molecule has 1 saturated heterocycles. The van der Waals surface area contributed by atoms with Crippen LogP contribution in [0.2, 0.25) is 0 Å². The van der Waals surface area contributed by atoms with Gasteiger partial charge in [0, 0.05) is 6.61 Å². The van der Waals surface area contributed by atoms with E-state index in [9.17, 15) is 0 Å². The first-order chi connectivity index (χ1) is 4.38. The van der Waals surface area contributed by atoms with Crippen molar-refractivity contribution in [1.82, 2.24) is 0 Å². The minimum Gasteiger partial charge on any atom is -0.396 e. The highest BCUT2D eigenvalue weighted by Gasteiger charge is 2.35. The van der Waals surface area contributed by atoms with Crippen molar-refractivity contribution < 1.29 is 9.84 Å². The van der Waals surface area contributed by atoms with Gasteiger partial charge in [-0.15, -0.1) is 0 Å². The van der Waals surface area contributed by atoms with Gasteiger partial charge in [-0.25, -0.2) is 0 Å². The maximum atomic E-state index is 8.45. The summed E-state index contributed by atoms with van der Waals surface area (Å²) >= 11 is 0. The smallest absolute Gasteiger partial charge is 0.0842 e. The standard InChI is InChI=1S/C7H14O2/c1-2-6-7(9-6)4-3-5-8/h6-8H,2-5H2,1H3/t6-,7-/m1/s1. The molecule has 2 heteroatoms. The molecular formula is C7H14O2. The number of aliphatic hydroxyl groups is 1. The molecule has 1 heterocycles. The van der Waals surface area contributed by atoms with E-state index >= 15 is 0 Å². The van der Waals surface area contributed by atoms with E-state index in [1.165, 1.54) is 0 Å². The summed E-state index contributed by atoms with van der Waals surface area (Å²) in [4.78, 5) is 0. The first-order valence-electron chi connectivity index (χ1n) is 3.64. The van der Waals surface area contributed by atoms with Gasteiger partial charge in [-0.3, -0.25) is 0 Å². The molecule has 9 heavy (non-hydrogen) atoms. The van der Waals surface area contributed by atoms with Crippen molar-refractivity contribution in [1.29, 1.82) is 0 Å². The van der Waals surface area contributed by atoms with Gasteiger partial charge in [-0.2, -0.15) is 0 Å². The zero-order valence-electron chi connectivity index (χ0n) is 5.84. The van der Waals surface area contributed by atoms with Crippen molar-refractivity contribution in [3.8, 4) is 0 Å². The zero-order valence-corrected chi connectivity index (χ0v) is 5.84. The molecule has 0 aromatic heterocycles. The molecule has 0 amide bonds. The lowest BCUT2D eigenvalue weighted by atomic mass is 10.2. The summed E-state index contributed by atoms with van der Waals surface area (Å²) in [5.74, 6) is 0. The zero-order chi connectivity index (χ0) is 6.69. The Labute approximate surface area is 55.8 Å². The van der Waals surface area contributed by atoms with Crippen LogP contribution in [0.1, 0.15) is 26.2 Å². The highest BCUT2D eigenvalue weighted by Crippen LogP contribution is 2.28. The summed E-state index contributed by atoms with van der Waals surface area (Å²) in [7, 11) is 0. The van der Waals surface area contributed by atoms with Crippen LogP contribution in [0.5, 0.6) is 0 Å². The molecule has 2 nitrogen and oxygen atoms in total. The average Bonchev–Trinajstić information content (AvgIpc) is 2.62. The van der Waals surface area contributed by atoms with Gasteiger partial charge in [-0.05, 0) is 19.3 Å². The summed E-state index contributed by atoms with van der Waals surface area (Å²) < 4.78 is 5.26. The van der Waals surface area contributed by atoms with Crippen molar-refractivity contribution in [3.05, 3.63) is 0 Å². The van der Waals surface area contributed by atoms with Crippen molar-refractivity contribution in [2.45, 2.75) is 38.4 Å². The first kappa shape index (κ1) is 7.03. The summed E-state index contributed by atoms with van der Waals surface area (Å²) in [6, 6.07) is 0. The van der Waals surface area contributed by atoms with Gasteiger partial charge in [0.25, 0.3) is 0 Å². The normalized spacial score (nSPS) is 32.7. The minimum absolute atomic E-state index is 0.302. The molecule has 0 bridgehead atoms. The molecule has 0 saturated carbocycles. The van der Waals surface area contributed by atoms with Crippen LogP contribution in [-0.2, 0) is 4.74 Å².